The Labute approximate surface area is 169 Å². The van der Waals surface area contributed by atoms with Crippen LogP contribution in [0.15, 0.2) is 36.4 Å². The Hall–Kier alpha value is -3.33. The number of rotatable bonds is 4. The number of hydrogen-bond acceptors (Lipinski definition) is 3. The number of benzene rings is 2. The third-order valence-electron chi connectivity index (χ3n) is 5.27. The zero-order valence-electron chi connectivity index (χ0n) is 15.8. The molecule has 156 valence electrons. The molecule has 1 unspecified atom stereocenters. The highest BCUT2D eigenvalue weighted by Gasteiger charge is 2.36. The highest BCUT2D eigenvalue weighted by atomic mass is 19.1. The number of fused-ring (bicyclic) bond motifs is 1. The molecule has 4 rings (SSSR count). The second kappa shape index (κ2) is 7.49. The smallest absolute Gasteiger partial charge is 0.245 e. The molecule has 2 aromatic carbocycles. The van der Waals surface area contributed by atoms with Gasteiger partial charge in [-0.3, -0.25) is 9.59 Å². The largest absolute Gasteiger partial charge is 0.389 e. The molecule has 0 saturated carbocycles. The van der Waals surface area contributed by atoms with E-state index < -0.39 is 47.3 Å². The molecule has 0 spiro atoms. The number of aliphatic hydroxyl groups is 1. The van der Waals surface area contributed by atoms with Crippen molar-refractivity contribution in [2.24, 2.45) is 0 Å². The lowest BCUT2D eigenvalue weighted by Gasteiger charge is -2.18. The lowest BCUT2D eigenvalue weighted by atomic mass is 9.93. The summed E-state index contributed by atoms with van der Waals surface area (Å²) in [6, 6.07) is 6.05. The van der Waals surface area contributed by atoms with E-state index in [-0.39, 0.29) is 17.4 Å². The van der Waals surface area contributed by atoms with Crippen LogP contribution in [0.4, 0.5) is 13.2 Å². The highest BCUT2D eigenvalue weighted by Crippen LogP contribution is 2.37. The number of H-pyrrole nitrogens is 1. The van der Waals surface area contributed by atoms with Gasteiger partial charge in [0.05, 0.1) is 17.1 Å². The Kier molecular flexibility index (Phi) is 4.98. The van der Waals surface area contributed by atoms with E-state index in [2.05, 4.69) is 15.6 Å². The molecule has 1 aliphatic heterocycles. The lowest BCUT2D eigenvalue weighted by molar-refractivity contribution is -0.129. The highest BCUT2D eigenvalue weighted by molar-refractivity contribution is 5.99. The number of hydrogen-bond donors (Lipinski definition) is 4. The van der Waals surface area contributed by atoms with Gasteiger partial charge in [0.1, 0.15) is 29.6 Å². The Bertz CT molecular complexity index is 1140. The summed E-state index contributed by atoms with van der Waals surface area (Å²) in [6.07, 6.45) is -1.08. The number of aromatic nitrogens is 1. The van der Waals surface area contributed by atoms with E-state index in [9.17, 15) is 27.9 Å². The third-order valence-corrected chi connectivity index (χ3v) is 5.27. The molecule has 1 saturated heterocycles. The molecule has 1 aromatic heterocycles. The van der Waals surface area contributed by atoms with Gasteiger partial charge >= 0.3 is 0 Å². The predicted octanol–water partition coefficient (Wildman–Crippen LogP) is 2.33. The maximum atomic E-state index is 14.4. The minimum Gasteiger partial charge on any atom is -0.389 e. The van der Waals surface area contributed by atoms with Gasteiger partial charge in [-0.25, -0.2) is 13.2 Å². The molecule has 2 heterocycles. The van der Waals surface area contributed by atoms with E-state index in [4.69, 9.17) is 0 Å². The topological polar surface area (TPSA) is 94.2 Å². The predicted molar refractivity (Wildman–Crippen MR) is 103 cm³/mol. The third kappa shape index (κ3) is 3.41. The van der Waals surface area contributed by atoms with Gasteiger partial charge < -0.3 is 20.7 Å². The van der Waals surface area contributed by atoms with Crippen LogP contribution < -0.4 is 10.6 Å². The van der Waals surface area contributed by atoms with Crippen LogP contribution in [0.2, 0.25) is 0 Å². The van der Waals surface area contributed by atoms with Crippen molar-refractivity contribution in [1.82, 2.24) is 15.6 Å². The van der Waals surface area contributed by atoms with Gasteiger partial charge in [-0.1, -0.05) is 0 Å². The Morgan fingerprint density at radius 3 is 2.50 bits per heavy atom. The van der Waals surface area contributed by atoms with E-state index in [0.29, 0.717) is 16.8 Å². The molecule has 0 aliphatic carbocycles. The Morgan fingerprint density at radius 2 is 1.87 bits per heavy atom. The van der Waals surface area contributed by atoms with Crippen LogP contribution in [0.25, 0.3) is 22.2 Å². The van der Waals surface area contributed by atoms with Crippen molar-refractivity contribution in [1.29, 1.82) is 0 Å². The van der Waals surface area contributed by atoms with Gasteiger partial charge in [0, 0.05) is 18.0 Å². The summed E-state index contributed by atoms with van der Waals surface area (Å²) < 4.78 is 41.7. The lowest BCUT2D eigenvalue weighted by Crippen LogP contribution is -2.46. The summed E-state index contributed by atoms with van der Waals surface area (Å²) >= 11 is 0. The summed E-state index contributed by atoms with van der Waals surface area (Å²) in [7, 11) is 0. The summed E-state index contributed by atoms with van der Waals surface area (Å²) in [5.41, 5.74) is 1.10. The normalized spacial score (nSPS) is 19.7. The molecule has 0 radical (unpaired) electrons. The fraction of sp³-hybridized carbons (Fsp3) is 0.238. The fourth-order valence-corrected chi connectivity index (χ4v) is 3.71. The first-order valence-electron chi connectivity index (χ1n) is 9.29. The van der Waals surface area contributed by atoms with Gasteiger partial charge in [-0.2, -0.15) is 0 Å². The summed E-state index contributed by atoms with van der Waals surface area (Å²) in [4.78, 5) is 27.6. The second-order valence-electron chi connectivity index (χ2n) is 7.25. The van der Waals surface area contributed by atoms with E-state index in [1.54, 1.807) is 0 Å². The van der Waals surface area contributed by atoms with Crippen LogP contribution in [-0.2, 0) is 9.59 Å². The first kappa shape index (κ1) is 20.0. The first-order valence-corrected chi connectivity index (χ1v) is 9.29. The van der Waals surface area contributed by atoms with E-state index in [0.717, 1.165) is 12.1 Å². The van der Waals surface area contributed by atoms with Crippen LogP contribution in [0.3, 0.4) is 0 Å². The van der Waals surface area contributed by atoms with Gasteiger partial charge in [0.15, 0.2) is 0 Å². The van der Waals surface area contributed by atoms with Crippen molar-refractivity contribution < 1.29 is 27.9 Å². The number of β-amino-alcohol motifs (C(OH)–C–C–N with tert-alkyl or cyclic N) is 1. The second-order valence-corrected chi connectivity index (χ2v) is 7.25. The number of nitrogens with one attached hydrogen (secondary N) is 3. The molecule has 2 amide bonds. The minimum absolute atomic E-state index is 0.00372. The zero-order valence-corrected chi connectivity index (χ0v) is 15.8. The molecule has 3 aromatic rings. The molecule has 6 nitrogen and oxygen atoms in total. The number of carbonyl (C=O) groups excluding carboxylic acids is 2. The van der Waals surface area contributed by atoms with Crippen molar-refractivity contribution in [3.8, 4) is 11.3 Å². The molecule has 30 heavy (non-hydrogen) atoms. The average molecular weight is 417 g/mol. The summed E-state index contributed by atoms with van der Waals surface area (Å²) in [5.74, 6) is -4.19. The van der Waals surface area contributed by atoms with Crippen LogP contribution in [0.1, 0.15) is 18.4 Å². The monoisotopic (exact) mass is 417 g/mol. The number of aromatic amines is 1. The maximum Gasteiger partial charge on any atom is 0.245 e. The molecule has 9 heteroatoms. The molecular weight excluding hydrogens is 399 g/mol. The SMILES string of the molecule is CC(C(=O)N[C@@H]1C(=O)NC[C@H]1O)c1c(-c2ccc(F)cc2)[nH]c2c(F)cc(F)cc12. The van der Waals surface area contributed by atoms with E-state index in [1.165, 1.54) is 31.2 Å². The average Bonchev–Trinajstić information content (AvgIpc) is 3.23. The molecule has 3 atom stereocenters. The zero-order chi connectivity index (χ0) is 21.6. The first-order chi connectivity index (χ1) is 14.3. The quantitative estimate of drug-likeness (QED) is 0.525. The van der Waals surface area contributed by atoms with Crippen molar-refractivity contribution in [3.05, 3.63) is 59.4 Å². The molecule has 0 bridgehead atoms. The minimum atomic E-state index is -1.12. The standard InChI is InChI=1S/C21H18F3N3O3/c1-9(20(29)27-19-15(28)8-25-21(19)30)16-13-6-12(23)7-14(24)18(13)26-17(16)10-2-4-11(22)5-3-10/h2-7,9,15,19,26,28H,8H2,1H3,(H,25,30)(H,27,29)/t9?,15-,19+/m1/s1. The van der Waals surface area contributed by atoms with E-state index >= 15 is 0 Å². The van der Waals surface area contributed by atoms with Crippen molar-refractivity contribution in [2.45, 2.75) is 25.0 Å². The Morgan fingerprint density at radius 1 is 1.17 bits per heavy atom. The summed E-state index contributed by atoms with van der Waals surface area (Å²) in [5, 5.41) is 15.0. The van der Waals surface area contributed by atoms with Gasteiger partial charge in [0.2, 0.25) is 11.8 Å². The van der Waals surface area contributed by atoms with Crippen LogP contribution >= 0.6 is 0 Å². The molecule has 1 fully saturated rings. The van der Waals surface area contributed by atoms with E-state index in [1.807, 2.05) is 0 Å². The van der Waals surface area contributed by atoms with Gasteiger partial charge in [-0.15, -0.1) is 0 Å². The number of halogens is 3. The summed E-state index contributed by atoms with van der Waals surface area (Å²) in [6.45, 7) is 1.54. The molecule has 1 aliphatic rings. The van der Waals surface area contributed by atoms with Crippen molar-refractivity contribution >= 4 is 22.7 Å². The van der Waals surface area contributed by atoms with Crippen molar-refractivity contribution in [2.75, 3.05) is 6.54 Å². The number of amides is 2. The van der Waals surface area contributed by atoms with Crippen LogP contribution in [0, 0.1) is 17.5 Å². The molecular formula is C21H18F3N3O3. The fourth-order valence-electron chi connectivity index (χ4n) is 3.71. The van der Waals surface area contributed by atoms with Crippen LogP contribution in [0.5, 0.6) is 0 Å². The van der Waals surface area contributed by atoms with Gasteiger partial charge in [-0.05, 0) is 48.4 Å². The Balaban J connectivity index is 1.81. The van der Waals surface area contributed by atoms with Crippen molar-refractivity contribution in [3.63, 3.8) is 0 Å². The van der Waals surface area contributed by atoms with Crippen LogP contribution in [-0.4, -0.2) is 40.6 Å². The number of carbonyl (C=O) groups is 2. The molecule has 4 N–H and O–H groups in total. The maximum absolute atomic E-state index is 14.4. The van der Waals surface area contributed by atoms with Gasteiger partial charge in [0.25, 0.3) is 0 Å². The number of aliphatic hydroxyl groups excluding tert-OH is 1.